The van der Waals surface area contributed by atoms with Crippen LogP contribution in [0.5, 0.6) is 0 Å². The second kappa shape index (κ2) is 4.96. The molecule has 0 aliphatic rings. The van der Waals surface area contributed by atoms with Gasteiger partial charge in [0.1, 0.15) is 5.52 Å². The average Bonchev–Trinajstić information content (AvgIpc) is 2.64. The average molecular weight is 253 g/mol. The van der Waals surface area contributed by atoms with Crippen molar-refractivity contribution in [3.63, 3.8) is 0 Å². The highest BCUT2D eigenvalue weighted by Gasteiger charge is 2.15. The van der Waals surface area contributed by atoms with Gasteiger partial charge in [-0.25, -0.2) is 9.37 Å². The van der Waals surface area contributed by atoms with Crippen molar-refractivity contribution in [2.24, 2.45) is 0 Å². The van der Waals surface area contributed by atoms with E-state index in [9.17, 15) is 4.39 Å². The number of fused-ring (bicyclic) bond motifs is 1. The molecule has 1 heterocycles. The fourth-order valence-corrected chi connectivity index (χ4v) is 2.56. The van der Waals surface area contributed by atoms with Gasteiger partial charge in [0, 0.05) is 6.04 Å². The van der Waals surface area contributed by atoms with Crippen LogP contribution in [0.25, 0.3) is 11.0 Å². The van der Waals surface area contributed by atoms with Crippen LogP contribution in [0, 0.1) is 5.82 Å². The zero-order chi connectivity index (χ0) is 12.4. The number of imidazole rings is 1. The Bertz CT molecular complexity index is 524. The Kier molecular flexibility index (Phi) is 3.57. The van der Waals surface area contributed by atoms with E-state index >= 15 is 0 Å². The molecule has 1 aromatic heterocycles. The fraction of sp³-hybridized carbons (Fsp3) is 0.417. The summed E-state index contributed by atoms with van der Waals surface area (Å²) in [6, 6.07) is 5.19. The molecule has 2 N–H and O–H groups in total. The Morgan fingerprint density at radius 2 is 2.29 bits per heavy atom. The number of nitrogens with two attached hydrogens (primary N) is 1. The predicted octanol–water partition coefficient (Wildman–Crippen LogP) is 3.07. The molecule has 17 heavy (non-hydrogen) atoms. The molecule has 0 radical (unpaired) electrons. The molecule has 0 saturated heterocycles. The molecule has 92 valence electrons. The van der Waals surface area contributed by atoms with Gasteiger partial charge in [-0.1, -0.05) is 6.07 Å². The van der Waals surface area contributed by atoms with Crippen LogP contribution >= 0.6 is 11.8 Å². The molecule has 0 amide bonds. The van der Waals surface area contributed by atoms with Crippen molar-refractivity contribution in [1.29, 1.82) is 0 Å². The first-order chi connectivity index (χ1) is 8.15. The molecule has 1 aromatic carbocycles. The molecular formula is C12H16FN3S. The lowest BCUT2D eigenvalue weighted by molar-refractivity contribution is 0.556. The number of hydrogen-bond donors (Lipinski definition) is 1. The second-order valence-corrected chi connectivity index (χ2v) is 5.06. The first-order valence-electron chi connectivity index (χ1n) is 5.56. The van der Waals surface area contributed by atoms with E-state index in [1.54, 1.807) is 17.8 Å². The van der Waals surface area contributed by atoms with E-state index in [1.165, 1.54) is 6.07 Å². The first-order valence-corrected chi connectivity index (χ1v) is 6.95. The van der Waals surface area contributed by atoms with Crippen LogP contribution in [-0.2, 0) is 0 Å². The Labute approximate surface area is 104 Å². The lowest BCUT2D eigenvalue weighted by Gasteiger charge is -2.15. The van der Waals surface area contributed by atoms with Gasteiger partial charge in [-0.2, -0.15) is 11.8 Å². The third-order valence-electron chi connectivity index (χ3n) is 2.88. The zero-order valence-corrected chi connectivity index (χ0v) is 10.8. The van der Waals surface area contributed by atoms with Crippen LogP contribution in [0.15, 0.2) is 18.2 Å². The summed E-state index contributed by atoms with van der Waals surface area (Å²) in [5.41, 5.74) is 7.01. The van der Waals surface area contributed by atoms with Crippen molar-refractivity contribution in [2.75, 3.05) is 17.7 Å². The number of anilines is 1. The van der Waals surface area contributed by atoms with Crippen molar-refractivity contribution in [2.45, 2.75) is 19.4 Å². The minimum Gasteiger partial charge on any atom is -0.369 e. The second-order valence-electron chi connectivity index (χ2n) is 4.08. The van der Waals surface area contributed by atoms with Crippen LogP contribution in [-0.4, -0.2) is 21.6 Å². The van der Waals surface area contributed by atoms with E-state index in [-0.39, 0.29) is 11.9 Å². The van der Waals surface area contributed by atoms with Crippen LogP contribution in [0.2, 0.25) is 0 Å². The normalized spacial score (nSPS) is 13.1. The number of thioether (sulfide) groups is 1. The summed E-state index contributed by atoms with van der Waals surface area (Å²) in [4.78, 5) is 4.10. The quantitative estimate of drug-likeness (QED) is 0.910. The van der Waals surface area contributed by atoms with Crippen molar-refractivity contribution in [1.82, 2.24) is 9.55 Å². The minimum absolute atomic E-state index is 0.231. The van der Waals surface area contributed by atoms with E-state index in [4.69, 9.17) is 5.73 Å². The minimum atomic E-state index is -0.315. The summed E-state index contributed by atoms with van der Waals surface area (Å²) in [6.45, 7) is 2.08. The number of aromatic nitrogens is 2. The summed E-state index contributed by atoms with van der Waals surface area (Å²) < 4.78 is 15.5. The molecule has 5 heteroatoms. The van der Waals surface area contributed by atoms with Crippen LogP contribution in [0.3, 0.4) is 0 Å². The maximum absolute atomic E-state index is 13.6. The third kappa shape index (κ3) is 2.24. The lowest BCUT2D eigenvalue weighted by atomic mass is 10.2. The molecule has 2 rings (SSSR count). The SMILES string of the molecule is CSCCC(C)n1c(N)nc2c(F)cccc21. The van der Waals surface area contributed by atoms with Gasteiger partial charge >= 0.3 is 0 Å². The molecule has 0 aliphatic carbocycles. The Morgan fingerprint density at radius 3 is 3.00 bits per heavy atom. The summed E-state index contributed by atoms with van der Waals surface area (Å²) in [5.74, 6) is 1.12. The van der Waals surface area contributed by atoms with E-state index in [1.807, 2.05) is 10.6 Å². The fourth-order valence-electron chi connectivity index (χ4n) is 1.98. The summed E-state index contributed by atoms with van der Waals surface area (Å²) >= 11 is 1.79. The maximum atomic E-state index is 13.6. The topological polar surface area (TPSA) is 43.8 Å². The highest BCUT2D eigenvalue weighted by molar-refractivity contribution is 7.98. The van der Waals surface area contributed by atoms with E-state index in [0.29, 0.717) is 11.5 Å². The van der Waals surface area contributed by atoms with Gasteiger partial charge < -0.3 is 10.3 Å². The van der Waals surface area contributed by atoms with Crippen LogP contribution in [0.4, 0.5) is 10.3 Å². The Hall–Kier alpha value is -1.23. The zero-order valence-electron chi connectivity index (χ0n) is 9.98. The van der Waals surface area contributed by atoms with Gasteiger partial charge in [-0.05, 0) is 37.5 Å². The molecular weight excluding hydrogens is 237 g/mol. The monoisotopic (exact) mass is 253 g/mol. The molecule has 0 spiro atoms. The smallest absolute Gasteiger partial charge is 0.201 e. The van der Waals surface area contributed by atoms with Crippen molar-refractivity contribution in [3.05, 3.63) is 24.0 Å². The number of rotatable bonds is 4. The predicted molar refractivity (Wildman–Crippen MR) is 71.8 cm³/mol. The maximum Gasteiger partial charge on any atom is 0.201 e. The number of nitrogens with zero attached hydrogens (tertiary/aromatic N) is 2. The van der Waals surface area contributed by atoms with Gasteiger partial charge in [0.05, 0.1) is 5.52 Å². The number of halogens is 1. The molecule has 0 aliphatic heterocycles. The first kappa shape index (κ1) is 12.2. The molecule has 0 bridgehead atoms. The van der Waals surface area contributed by atoms with Crippen molar-refractivity contribution in [3.8, 4) is 0 Å². The molecule has 1 unspecified atom stereocenters. The number of benzene rings is 1. The molecule has 0 saturated carbocycles. The molecule has 2 aromatic rings. The molecule has 3 nitrogen and oxygen atoms in total. The Balaban J connectivity index is 2.46. The van der Waals surface area contributed by atoms with E-state index in [2.05, 4.69) is 18.2 Å². The van der Waals surface area contributed by atoms with Crippen LogP contribution in [0.1, 0.15) is 19.4 Å². The molecule has 1 atom stereocenters. The Morgan fingerprint density at radius 1 is 1.53 bits per heavy atom. The van der Waals surface area contributed by atoms with Crippen molar-refractivity contribution < 1.29 is 4.39 Å². The highest BCUT2D eigenvalue weighted by Crippen LogP contribution is 2.26. The number of nitrogen functional groups attached to an aromatic ring is 1. The number of para-hydroxylation sites is 1. The number of hydrogen-bond acceptors (Lipinski definition) is 3. The van der Waals surface area contributed by atoms with Gasteiger partial charge in [-0.3, -0.25) is 0 Å². The van der Waals surface area contributed by atoms with E-state index < -0.39 is 0 Å². The standard InChI is InChI=1S/C12H16FN3S/c1-8(6-7-17-2)16-10-5-3-4-9(13)11(10)15-12(16)14/h3-5,8H,6-7H2,1-2H3,(H2,14,15). The van der Waals surface area contributed by atoms with Crippen molar-refractivity contribution >= 4 is 28.7 Å². The highest BCUT2D eigenvalue weighted by atomic mass is 32.2. The summed E-state index contributed by atoms with van der Waals surface area (Å²) in [7, 11) is 0. The van der Waals surface area contributed by atoms with Gasteiger partial charge in [-0.15, -0.1) is 0 Å². The summed E-state index contributed by atoms with van der Waals surface area (Å²) in [5, 5.41) is 0. The molecule has 0 fully saturated rings. The van der Waals surface area contributed by atoms with Gasteiger partial charge in [0.2, 0.25) is 5.95 Å². The largest absolute Gasteiger partial charge is 0.369 e. The third-order valence-corrected chi connectivity index (χ3v) is 3.52. The lowest BCUT2D eigenvalue weighted by Crippen LogP contribution is -2.09. The van der Waals surface area contributed by atoms with E-state index in [0.717, 1.165) is 17.7 Å². The van der Waals surface area contributed by atoms with Gasteiger partial charge in [0.15, 0.2) is 5.82 Å². The van der Waals surface area contributed by atoms with Crippen LogP contribution < -0.4 is 5.73 Å². The summed E-state index contributed by atoms with van der Waals surface area (Å²) in [6.07, 6.45) is 3.06. The van der Waals surface area contributed by atoms with Gasteiger partial charge in [0.25, 0.3) is 0 Å².